The van der Waals surface area contributed by atoms with E-state index in [1.54, 1.807) is 4.90 Å². The predicted molar refractivity (Wildman–Crippen MR) is 52.1 cm³/mol. The van der Waals surface area contributed by atoms with E-state index in [0.29, 0.717) is 13.1 Å². The molecule has 0 spiro atoms. The van der Waals surface area contributed by atoms with E-state index in [-0.39, 0.29) is 11.4 Å². The van der Waals surface area contributed by atoms with Gasteiger partial charge in [-0.05, 0) is 12.1 Å². The Kier molecular flexibility index (Phi) is 2.11. The van der Waals surface area contributed by atoms with Crippen LogP contribution in [0.4, 0.5) is 20.2 Å². The van der Waals surface area contributed by atoms with Crippen LogP contribution >= 0.6 is 0 Å². The van der Waals surface area contributed by atoms with Crippen molar-refractivity contribution in [1.82, 2.24) is 0 Å². The first kappa shape index (κ1) is 8.99. The molecule has 2 nitrogen and oxygen atoms in total. The fourth-order valence-electron chi connectivity index (χ4n) is 1.54. The Morgan fingerprint density at radius 1 is 1.14 bits per heavy atom. The molecule has 74 valence electrons. The van der Waals surface area contributed by atoms with Crippen LogP contribution in [0.2, 0.25) is 0 Å². The lowest BCUT2D eigenvalue weighted by molar-refractivity contribution is 0.508. The second-order valence-corrected chi connectivity index (χ2v) is 3.18. The number of halogens is 2. The van der Waals surface area contributed by atoms with Crippen molar-refractivity contribution in [2.75, 3.05) is 23.7 Å². The standard InChI is InChI=1S/C10H10F2N2/c11-7-3-4-8(13)10(9(7)12)14-5-1-2-6-14/h1-4H,5-6,13H2. The molecule has 1 aliphatic rings. The Morgan fingerprint density at radius 3 is 2.43 bits per heavy atom. The fourth-order valence-corrected chi connectivity index (χ4v) is 1.54. The summed E-state index contributed by atoms with van der Waals surface area (Å²) in [7, 11) is 0. The lowest BCUT2D eigenvalue weighted by Gasteiger charge is -2.20. The van der Waals surface area contributed by atoms with E-state index in [0.717, 1.165) is 6.07 Å². The van der Waals surface area contributed by atoms with Crippen molar-refractivity contribution in [3.63, 3.8) is 0 Å². The Morgan fingerprint density at radius 2 is 1.79 bits per heavy atom. The second-order valence-electron chi connectivity index (χ2n) is 3.18. The summed E-state index contributed by atoms with van der Waals surface area (Å²) in [5.74, 6) is -1.73. The highest BCUT2D eigenvalue weighted by atomic mass is 19.2. The SMILES string of the molecule is Nc1ccc(F)c(F)c1N1CC=CC1. The first-order valence-corrected chi connectivity index (χ1v) is 4.33. The number of nitrogens with zero attached hydrogens (tertiary/aromatic N) is 1. The van der Waals surface area contributed by atoms with Crippen LogP contribution in [-0.2, 0) is 0 Å². The van der Waals surface area contributed by atoms with Crippen LogP contribution in [0.25, 0.3) is 0 Å². The average Bonchev–Trinajstić information content (AvgIpc) is 2.65. The summed E-state index contributed by atoms with van der Waals surface area (Å²) >= 11 is 0. The topological polar surface area (TPSA) is 29.3 Å². The van der Waals surface area contributed by atoms with Crippen molar-refractivity contribution >= 4 is 11.4 Å². The third-order valence-corrected chi connectivity index (χ3v) is 2.23. The minimum Gasteiger partial charge on any atom is -0.397 e. The zero-order valence-corrected chi connectivity index (χ0v) is 7.50. The van der Waals surface area contributed by atoms with E-state index in [4.69, 9.17) is 5.73 Å². The Balaban J connectivity index is 2.45. The molecule has 0 fully saturated rings. The number of hydrogen-bond donors (Lipinski definition) is 1. The molecule has 0 atom stereocenters. The molecule has 0 aliphatic carbocycles. The molecule has 1 aliphatic heterocycles. The molecular weight excluding hydrogens is 186 g/mol. The third kappa shape index (κ3) is 1.32. The molecule has 4 heteroatoms. The number of rotatable bonds is 1. The first-order chi connectivity index (χ1) is 6.70. The number of hydrogen-bond acceptors (Lipinski definition) is 2. The maximum absolute atomic E-state index is 13.4. The van der Waals surface area contributed by atoms with Gasteiger partial charge in [0.05, 0.1) is 11.4 Å². The molecule has 0 amide bonds. The van der Waals surface area contributed by atoms with Crippen molar-refractivity contribution < 1.29 is 8.78 Å². The van der Waals surface area contributed by atoms with Crippen molar-refractivity contribution in [2.24, 2.45) is 0 Å². The van der Waals surface area contributed by atoms with Crippen LogP contribution in [0.1, 0.15) is 0 Å². The Hall–Kier alpha value is -1.58. The molecule has 14 heavy (non-hydrogen) atoms. The summed E-state index contributed by atoms with van der Waals surface area (Å²) in [5, 5.41) is 0. The molecular formula is C10H10F2N2. The number of benzene rings is 1. The quantitative estimate of drug-likeness (QED) is 0.549. The summed E-state index contributed by atoms with van der Waals surface area (Å²) < 4.78 is 26.3. The number of nitrogens with two attached hydrogens (primary N) is 1. The minimum absolute atomic E-state index is 0.162. The van der Waals surface area contributed by atoms with Gasteiger partial charge in [-0.15, -0.1) is 0 Å². The molecule has 0 radical (unpaired) electrons. The number of nitrogen functional groups attached to an aromatic ring is 1. The average molecular weight is 196 g/mol. The zero-order valence-electron chi connectivity index (χ0n) is 7.50. The first-order valence-electron chi connectivity index (χ1n) is 4.33. The van der Waals surface area contributed by atoms with E-state index in [1.165, 1.54) is 6.07 Å². The van der Waals surface area contributed by atoms with Gasteiger partial charge >= 0.3 is 0 Å². The van der Waals surface area contributed by atoms with Crippen molar-refractivity contribution in [2.45, 2.75) is 0 Å². The van der Waals surface area contributed by atoms with Gasteiger partial charge in [-0.2, -0.15) is 0 Å². The van der Waals surface area contributed by atoms with Gasteiger partial charge in [0, 0.05) is 13.1 Å². The van der Waals surface area contributed by atoms with Gasteiger partial charge in [0.25, 0.3) is 0 Å². The molecule has 2 rings (SSSR count). The molecule has 0 saturated heterocycles. The summed E-state index contributed by atoms with van der Waals surface area (Å²) in [5.41, 5.74) is 6.03. The normalized spacial score (nSPS) is 15.1. The maximum atomic E-state index is 13.4. The summed E-state index contributed by atoms with van der Waals surface area (Å²) in [6.45, 7) is 1.15. The van der Waals surface area contributed by atoms with Crippen LogP contribution in [0.3, 0.4) is 0 Å². The van der Waals surface area contributed by atoms with Gasteiger partial charge in [0.15, 0.2) is 11.6 Å². The molecule has 1 heterocycles. The van der Waals surface area contributed by atoms with Crippen molar-refractivity contribution in [1.29, 1.82) is 0 Å². The molecule has 2 N–H and O–H groups in total. The van der Waals surface area contributed by atoms with Crippen LogP contribution in [0.5, 0.6) is 0 Å². The summed E-state index contributed by atoms with van der Waals surface area (Å²) in [4.78, 5) is 1.69. The van der Waals surface area contributed by atoms with Crippen LogP contribution < -0.4 is 10.6 Å². The molecule has 0 unspecified atom stereocenters. The largest absolute Gasteiger partial charge is 0.397 e. The van der Waals surface area contributed by atoms with Gasteiger partial charge in [0.2, 0.25) is 0 Å². The van der Waals surface area contributed by atoms with E-state index < -0.39 is 11.6 Å². The van der Waals surface area contributed by atoms with Crippen LogP contribution in [0, 0.1) is 11.6 Å². The number of anilines is 2. The van der Waals surface area contributed by atoms with Gasteiger partial charge < -0.3 is 10.6 Å². The lowest BCUT2D eigenvalue weighted by atomic mass is 10.2. The maximum Gasteiger partial charge on any atom is 0.184 e. The zero-order chi connectivity index (χ0) is 10.1. The Labute approximate surface area is 80.6 Å². The van der Waals surface area contributed by atoms with E-state index in [2.05, 4.69) is 0 Å². The van der Waals surface area contributed by atoms with Gasteiger partial charge in [-0.25, -0.2) is 8.78 Å². The van der Waals surface area contributed by atoms with Crippen molar-refractivity contribution in [3.05, 3.63) is 35.9 Å². The smallest absolute Gasteiger partial charge is 0.184 e. The lowest BCUT2D eigenvalue weighted by Crippen LogP contribution is -2.21. The highest BCUT2D eigenvalue weighted by molar-refractivity contribution is 5.69. The van der Waals surface area contributed by atoms with E-state index in [9.17, 15) is 8.78 Å². The highest BCUT2D eigenvalue weighted by Gasteiger charge is 2.18. The molecule has 1 aromatic rings. The second kappa shape index (κ2) is 3.29. The summed E-state index contributed by atoms with van der Waals surface area (Å²) in [6.07, 6.45) is 3.79. The van der Waals surface area contributed by atoms with Crippen molar-refractivity contribution in [3.8, 4) is 0 Å². The monoisotopic (exact) mass is 196 g/mol. The molecule has 0 saturated carbocycles. The highest BCUT2D eigenvalue weighted by Crippen LogP contribution is 2.29. The van der Waals surface area contributed by atoms with Gasteiger partial charge in [-0.1, -0.05) is 12.2 Å². The van der Waals surface area contributed by atoms with Crippen LogP contribution in [-0.4, -0.2) is 13.1 Å². The van der Waals surface area contributed by atoms with E-state index in [1.807, 2.05) is 12.2 Å². The minimum atomic E-state index is -0.867. The molecule has 1 aromatic carbocycles. The molecule has 0 bridgehead atoms. The van der Waals surface area contributed by atoms with Crippen LogP contribution in [0.15, 0.2) is 24.3 Å². The predicted octanol–water partition coefficient (Wildman–Crippen LogP) is 1.92. The van der Waals surface area contributed by atoms with Gasteiger partial charge in [0.1, 0.15) is 0 Å². The fraction of sp³-hybridized carbons (Fsp3) is 0.200. The molecule has 0 aromatic heterocycles. The third-order valence-electron chi connectivity index (χ3n) is 2.23. The van der Waals surface area contributed by atoms with Gasteiger partial charge in [-0.3, -0.25) is 0 Å². The Bertz CT molecular complexity index is 380. The summed E-state index contributed by atoms with van der Waals surface area (Å²) in [6, 6.07) is 2.42. The van der Waals surface area contributed by atoms with E-state index >= 15 is 0 Å².